The van der Waals surface area contributed by atoms with Crippen LogP contribution in [-0.2, 0) is 11.4 Å². The maximum Gasteiger partial charge on any atom is 0.337 e. The van der Waals surface area contributed by atoms with E-state index in [9.17, 15) is 14.7 Å². The third-order valence-electron chi connectivity index (χ3n) is 2.47. The Morgan fingerprint density at radius 1 is 1.33 bits per heavy atom. The van der Waals surface area contributed by atoms with Gasteiger partial charge in [-0.3, -0.25) is 4.79 Å². The van der Waals surface area contributed by atoms with Crippen LogP contribution in [0.15, 0.2) is 18.2 Å². The molecular weight excluding hydrogens is 260 g/mol. The molecule has 1 aromatic rings. The van der Waals surface area contributed by atoms with Crippen molar-refractivity contribution in [2.24, 2.45) is 0 Å². The molecule has 5 nitrogen and oxygen atoms in total. The van der Waals surface area contributed by atoms with Gasteiger partial charge in [0.1, 0.15) is 0 Å². The predicted octanol–water partition coefficient (Wildman–Crippen LogP) is 1.11. The monoisotopic (exact) mass is 272 g/mol. The average Bonchev–Trinajstić information content (AvgIpc) is 2.37. The van der Waals surface area contributed by atoms with Gasteiger partial charge in [0.2, 0.25) is 0 Å². The van der Waals surface area contributed by atoms with E-state index in [1.54, 1.807) is 0 Å². The van der Waals surface area contributed by atoms with E-state index in [0.29, 0.717) is 5.56 Å². The van der Waals surface area contributed by atoms with Crippen LogP contribution >= 0.6 is 11.6 Å². The fourth-order valence-corrected chi connectivity index (χ4v) is 1.72. The van der Waals surface area contributed by atoms with Gasteiger partial charge in [0.15, 0.2) is 11.9 Å². The van der Waals surface area contributed by atoms with Crippen LogP contribution in [0, 0.1) is 0 Å². The molecule has 0 heterocycles. The maximum atomic E-state index is 11.7. The lowest BCUT2D eigenvalue weighted by Crippen LogP contribution is -2.12. The number of Topliss-reactive ketones (excluding diaryl/α,β-unsaturated/α-hetero) is 1. The van der Waals surface area contributed by atoms with Gasteiger partial charge in [-0.25, -0.2) is 4.79 Å². The number of aliphatic hydroxyl groups excluding tert-OH is 2. The molecule has 0 aromatic heterocycles. The Labute approximate surface area is 109 Å². The first-order valence-corrected chi connectivity index (χ1v) is 5.78. The van der Waals surface area contributed by atoms with Crippen molar-refractivity contribution in [3.63, 3.8) is 0 Å². The Morgan fingerprint density at radius 3 is 2.50 bits per heavy atom. The number of carbonyl (C=O) groups is 2. The van der Waals surface area contributed by atoms with Crippen molar-refractivity contribution in [2.45, 2.75) is 19.1 Å². The van der Waals surface area contributed by atoms with Gasteiger partial charge in [-0.05, 0) is 17.2 Å². The Bertz CT molecular complexity index is 458. The highest BCUT2D eigenvalue weighted by atomic mass is 35.5. The molecule has 0 amide bonds. The van der Waals surface area contributed by atoms with Crippen LogP contribution in [0.25, 0.3) is 0 Å². The van der Waals surface area contributed by atoms with Gasteiger partial charge >= 0.3 is 5.97 Å². The van der Waals surface area contributed by atoms with Crippen LogP contribution in [0.3, 0.4) is 0 Å². The summed E-state index contributed by atoms with van der Waals surface area (Å²) in [5.74, 6) is -1.45. The van der Waals surface area contributed by atoms with E-state index in [0.717, 1.165) is 0 Å². The Balaban J connectivity index is 3.11. The van der Waals surface area contributed by atoms with Gasteiger partial charge in [0.25, 0.3) is 0 Å². The van der Waals surface area contributed by atoms with Crippen LogP contribution in [0.5, 0.6) is 0 Å². The molecule has 1 rings (SSSR count). The first kappa shape index (κ1) is 14.6. The van der Waals surface area contributed by atoms with Gasteiger partial charge in [0.05, 0.1) is 6.61 Å². The van der Waals surface area contributed by atoms with Gasteiger partial charge in [-0.15, -0.1) is 11.6 Å². The average molecular weight is 273 g/mol. The SMILES string of the molecule is O=C(CCCl)c1ccc(C(O)C(=O)O)cc1CO. The number of carboxylic acid groups (broad SMARTS) is 1. The smallest absolute Gasteiger partial charge is 0.337 e. The highest BCUT2D eigenvalue weighted by Gasteiger charge is 2.18. The first-order chi connectivity index (χ1) is 8.51. The van der Waals surface area contributed by atoms with Crippen molar-refractivity contribution in [3.05, 3.63) is 34.9 Å². The lowest BCUT2D eigenvalue weighted by atomic mass is 9.97. The molecule has 0 radical (unpaired) electrons. The zero-order chi connectivity index (χ0) is 13.7. The van der Waals surface area contributed by atoms with Crippen molar-refractivity contribution in [3.8, 4) is 0 Å². The maximum absolute atomic E-state index is 11.7. The number of rotatable bonds is 6. The Hall–Kier alpha value is -1.43. The number of carboxylic acids is 1. The first-order valence-electron chi connectivity index (χ1n) is 5.25. The fourth-order valence-electron chi connectivity index (χ4n) is 1.55. The van der Waals surface area contributed by atoms with Crippen LogP contribution in [0.2, 0.25) is 0 Å². The molecule has 6 heteroatoms. The van der Waals surface area contributed by atoms with E-state index >= 15 is 0 Å². The lowest BCUT2D eigenvalue weighted by molar-refractivity contribution is -0.146. The number of ketones is 1. The van der Waals surface area contributed by atoms with Crippen molar-refractivity contribution in [2.75, 3.05) is 5.88 Å². The number of hydrogen-bond donors (Lipinski definition) is 3. The van der Waals surface area contributed by atoms with Gasteiger partial charge in [-0.2, -0.15) is 0 Å². The Morgan fingerprint density at radius 2 is 2.00 bits per heavy atom. The summed E-state index contributed by atoms with van der Waals surface area (Å²) in [5, 5.41) is 27.2. The third-order valence-corrected chi connectivity index (χ3v) is 2.66. The van der Waals surface area contributed by atoms with Crippen LogP contribution in [0.1, 0.15) is 34.0 Å². The van der Waals surface area contributed by atoms with Gasteiger partial charge in [-0.1, -0.05) is 12.1 Å². The number of carbonyl (C=O) groups excluding carboxylic acids is 1. The number of hydrogen-bond acceptors (Lipinski definition) is 4. The van der Waals surface area contributed by atoms with Crippen molar-refractivity contribution >= 4 is 23.4 Å². The van der Waals surface area contributed by atoms with Crippen molar-refractivity contribution < 1.29 is 24.9 Å². The molecule has 0 aliphatic heterocycles. The zero-order valence-corrected chi connectivity index (χ0v) is 10.2. The number of aliphatic carboxylic acids is 1. The fraction of sp³-hybridized carbons (Fsp3) is 0.333. The minimum Gasteiger partial charge on any atom is -0.479 e. The summed E-state index contributed by atoms with van der Waals surface area (Å²) in [4.78, 5) is 22.3. The molecule has 1 atom stereocenters. The topological polar surface area (TPSA) is 94.8 Å². The molecule has 0 aliphatic rings. The van der Waals surface area contributed by atoms with Crippen LogP contribution in [-0.4, -0.2) is 33.0 Å². The molecule has 3 N–H and O–H groups in total. The molecule has 0 aliphatic carbocycles. The van der Waals surface area contributed by atoms with Crippen molar-refractivity contribution in [1.29, 1.82) is 0 Å². The summed E-state index contributed by atoms with van der Waals surface area (Å²) >= 11 is 5.46. The standard InChI is InChI=1S/C12H13ClO5/c13-4-3-10(15)9-2-1-7(5-8(9)6-14)11(16)12(17)18/h1-2,5,11,14,16H,3-4,6H2,(H,17,18). The van der Waals surface area contributed by atoms with Gasteiger partial charge in [0, 0.05) is 17.9 Å². The summed E-state index contributed by atoms with van der Waals surface area (Å²) in [7, 11) is 0. The van der Waals surface area contributed by atoms with E-state index in [4.69, 9.17) is 21.8 Å². The number of halogens is 1. The van der Waals surface area contributed by atoms with Gasteiger partial charge < -0.3 is 15.3 Å². The van der Waals surface area contributed by atoms with Crippen LogP contribution < -0.4 is 0 Å². The summed E-state index contributed by atoms with van der Waals surface area (Å²) in [6.45, 7) is -0.413. The lowest BCUT2D eigenvalue weighted by Gasteiger charge is -2.11. The molecule has 18 heavy (non-hydrogen) atoms. The second kappa shape index (κ2) is 6.49. The molecule has 0 saturated carbocycles. The quantitative estimate of drug-likeness (QED) is 0.533. The molecule has 0 spiro atoms. The molecule has 1 unspecified atom stereocenters. The molecule has 0 saturated heterocycles. The normalized spacial score (nSPS) is 12.2. The van der Waals surface area contributed by atoms with E-state index in [2.05, 4.69) is 0 Å². The summed E-state index contributed by atoms with van der Waals surface area (Å²) in [6, 6.07) is 4.04. The Kier molecular flexibility index (Phi) is 5.27. The van der Waals surface area contributed by atoms with E-state index < -0.39 is 18.7 Å². The second-order valence-electron chi connectivity index (χ2n) is 3.68. The van der Waals surface area contributed by atoms with E-state index in [-0.39, 0.29) is 29.2 Å². The predicted molar refractivity (Wildman–Crippen MR) is 64.6 cm³/mol. The number of benzene rings is 1. The zero-order valence-electron chi connectivity index (χ0n) is 9.47. The van der Waals surface area contributed by atoms with E-state index in [1.165, 1.54) is 18.2 Å². The molecule has 98 valence electrons. The summed E-state index contributed by atoms with van der Waals surface area (Å²) in [5.41, 5.74) is 0.691. The molecule has 0 bridgehead atoms. The van der Waals surface area contributed by atoms with Crippen LogP contribution in [0.4, 0.5) is 0 Å². The highest BCUT2D eigenvalue weighted by molar-refractivity contribution is 6.19. The minimum absolute atomic E-state index is 0.119. The largest absolute Gasteiger partial charge is 0.479 e. The minimum atomic E-state index is -1.67. The third kappa shape index (κ3) is 3.29. The summed E-state index contributed by atoms with van der Waals surface area (Å²) < 4.78 is 0. The molecular formula is C12H13ClO5. The van der Waals surface area contributed by atoms with Crippen molar-refractivity contribution in [1.82, 2.24) is 0 Å². The number of aliphatic hydroxyl groups is 2. The second-order valence-corrected chi connectivity index (χ2v) is 4.06. The highest BCUT2D eigenvalue weighted by Crippen LogP contribution is 2.20. The molecule has 1 aromatic carbocycles. The molecule has 0 fully saturated rings. The summed E-state index contributed by atoms with van der Waals surface area (Å²) in [6.07, 6.45) is -1.54. The number of alkyl halides is 1. The van der Waals surface area contributed by atoms with E-state index in [1.807, 2.05) is 0 Å².